The fraction of sp³-hybridized carbons (Fsp3) is 0.333. The molecule has 0 heterocycles. The Balaban J connectivity index is 1.40. The Morgan fingerprint density at radius 3 is 1.19 bits per heavy atom. The molecule has 2 aliphatic carbocycles. The highest BCUT2D eigenvalue weighted by Crippen LogP contribution is 2.52. The summed E-state index contributed by atoms with van der Waals surface area (Å²) < 4.78 is 0. The van der Waals surface area contributed by atoms with E-state index in [9.17, 15) is 0 Å². The maximum atomic E-state index is 2.51. The summed E-state index contributed by atoms with van der Waals surface area (Å²) in [6.07, 6.45) is 2.32. The van der Waals surface area contributed by atoms with E-state index in [-0.39, 0.29) is 10.8 Å². The first-order valence-corrected chi connectivity index (χ1v) is 13.6. The molecule has 2 atom stereocenters. The van der Waals surface area contributed by atoms with Gasteiger partial charge in [-0.1, -0.05) is 126 Å². The lowest BCUT2D eigenvalue weighted by Crippen LogP contribution is -2.12. The Morgan fingerprint density at radius 1 is 0.444 bits per heavy atom. The van der Waals surface area contributed by atoms with Gasteiger partial charge in [-0.05, 0) is 79.3 Å². The quantitative estimate of drug-likeness (QED) is 0.279. The van der Waals surface area contributed by atoms with Gasteiger partial charge in [-0.3, -0.25) is 0 Å². The normalized spacial score (nSPS) is 17.9. The van der Waals surface area contributed by atoms with Crippen LogP contribution >= 0.6 is 0 Å². The minimum absolute atomic E-state index is 0.154. The SMILES string of the molecule is CC(C)(C)c1ccc2c(c1)C(CCC1c3ccccc3-c3ccc(C(C)(C)C)cc31)c1ccccc1-2. The van der Waals surface area contributed by atoms with Crippen LogP contribution in [0.1, 0.15) is 99.6 Å². The molecule has 0 amide bonds. The fourth-order valence-electron chi connectivity index (χ4n) is 6.51. The molecule has 0 N–H and O–H groups in total. The topological polar surface area (TPSA) is 0 Å². The molecule has 2 aliphatic rings. The van der Waals surface area contributed by atoms with Crippen LogP contribution in [0.5, 0.6) is 0 Å². The van der Waals surface area contributed by atoms with Crippen molar-refractivity contribution in [3.05, 3.63) is 118 Å². The van der Waals surface area contributed by atoms with E-state index in [1.54, 1.807) is 0 Å². The van der Waals surface area contributed by atoms with Crippen LogP contribution in [0.2, 0.25) is 0 Å². The summed E-state index contributed by atoms with van der Waals surface area (Å²) >= 11 is 0. The zero-order valence-electron chi connectivity index (χ0n) is 22.7. The average molecular weight is 471 g/mol. The molecule has 0 spiro atoms. The molecule has 0 nitrogen and oxygen atoms in total. The minimum Gasteiger partial charge on any atom is -0.0619 e. The second kappa shape index (κ2) is 8.20. The van der Waals surface area contributed by atoms with Crippen LogP contribution in [0.25, 0.3) is 22.3 Å². The van der Waals surface area contributed by atoms with Crippen LogP contribution in [-0.4, -0.2) is 0 Å². The van der Waals surface area contributed by atoms with E-state index < -0.39 is 0 Å². The lowest BCUT2D eigenvalue weighted by atomic mass is 9.80. The third-order valence-electron chi connectivity index (χ3n) is 8.58. The zero-order valence-corrected chi connectivity index (χ0v) is 22.7. The molecule has 36 heavy (non-hydrogen) atoms. The van der Waals surface area contributed by atoms with Gasteiger partial charge in [-0.2, -0.15) is 0 Å². The van der Waals surface area contributed by atoms with Crippen molar-refractivity contribution in [2.75, 3.05) is 0 Å². The Hall–Kier alpha value is -3.12. The van der Waals surface area contributed by atoms with Crippen molar-refractivity contribution in [3.63, 3.8) is 0 Å². The van der Waals surface area contributed by atoms with Crippen LogP contribution in [0.3, 0.4) is 0 Å². The van der Waals surface area contributed by atoms with E-state index in [0.29, 0.717) is 11.8 Å². The Bertz CT molecular complexity index is 1340. The Labute approximate surface area is 217 Å². The van der Waals surface area contributed by atoms with Crippen molar-refractivity contribution in [2.45, 2.75) is 77.0 Å². The number of benzene rings is 4. The smallest absolute Gasteiger partial charge is 0.0102 e. The molecule has 6 rings (SSSR count). The van der Waals surface area contributed by atoms with Gasteiger partial charge >= 0.3 is 0 Å². The maximum absolute atomic E-state index is 2.51. The van der Waals surface area contributed by atoms with E-state index >= 15 is 0 Å². The highest BCUT2D eigenvalue weighted by Gasteiger charge is 2.34. The predicted molar refractivity (Wildman–Crippen MR) is 154 cm³/mol. The van der Waals surface area contributed by atoms with Gasteiger partial charge in [0, 0.05) is 11.8 Å². The lowest BCUT2D eigenvalue weighted by molar-refractivity contribution is 0.582. The average Bonchev–Trinajstić information content (AvgIpc) is 3.33. The van der Waals surface area contributed by atoms with Crippen LogP contribution in [-0.2, 0) is 10.8 Å². The molecule has 0 bridgehead atoms. The molecule has 0 saturated heterocycles. The van der Waals surface area contributed by atoms with Gasteiger partial charge in [0.2, 0.25) is 0 Å². The summed E-state index contributed by atoms with van der Waals surface area (Å²) in [5, 5.41) is 0. The summed E-state index contributed by atoms with van der Waals surface area (Å²) in [7, 11) is 0. The second-order valence-electron chi connectivity index (χ2n) is 13.0. The second-order valence-corrected chi connectivity index (χ2v) is 13.0. The monoisotopic (exact) mass is 470 g/mol. The van der Waals surface area contributed by atoms with Gasteiger partial charge in [-0.15, -0.1) is 0 Å². The van der Waals surface area contributed by atoms with E-state index in [4.69, 9.17) is 0 Å². The van der Waals surface area contributed by atoms with Gasteiger partial charge in [0.15, 0.2) is 0 Å². The number of hydrogen-bond acceptors (Lipinski definition) is 0. The predicted octanol–water partition coefficient (Wildman–Crippen LogP) is 9.99. The molecule has 4 aromatic rings. The molecule has 0 heteroatoms. The molecule has 0 fully saturated rings. The third kappa shape index (κ3) is 3.74. The van der Waals surface area contributed by atoms with Crippen LogP contribution in [0, 0.1) is 0 Å². The molecular weight excluding hydrogens is 432 g/mol. The van der Waals surface area contributed by atoms with Crippen LogP contribution in [0.4, 0.5) is 0 Å². The summed E-state index contributed by atoms with van der Waals surface area (Å²) in [4.78, 5) is 0. The van der Waals surface area contributed by atoms with Crippen molar-refractivity contribution in [1.82, 2.24) is 0 Å². The van der Waals surface area contributed by atoms with Crippen LogP contribution in [0.15, 0.2) is 84.9 Å². The molecule has 2 unspecified atom stereocenters. The minimum atomic E-state index is 0.154. The van der Waals surface area contributed by atoms with E-state index in [1.165, 1.54) is 55.6 Å². The number of rotatable bonds is 3. The maximum Gasteiger partial charge on any atom is 0.0102 e. The van der Waals surface area contributed by atoms with Crippen molar-refractivity contribution in [3.8, 4) is 22.3 Å². The molecule has 0 saturated carbocycles. The third-order valence-corrected chi connectivity index (χ3v) is 8.58. The van der Waals surface area contributed by atoms with Gasteiger partial charge in [0.25, 0.3) is 0 Å². The van der Waals surface area contributed by atoms with Crippen molar-refractivity contribution in [2.24, 2.45) is 0 Å². The summed E-state index contributed by atoms with van der Waals surface area (Å²) in [5.41, 5.74) is 15.0. The van der Waals surface area contributed by atoms with Crippen molar-refractivity contribution >= 4 is 0 Å². The number of hydrogen-bond donors (Lipinski definition) is 0. The largest absolute Gasteiger partial charge is 0.0619 e. The van der Waals surface area contributed by atoms with Gasteiger partial charge < -0.3 is 0 Å². The number of fused-ring (bicyclic) bond motifs is 6. The zero-order chi connectivity index (χ0) is 25.2. The standard InChI is InChI=1S/C36H38/c1-35(2,3)23-15-17-29-25-11-7-9-13-27(25)31(33(29)21-23)19-20-32-28-14-10-8-12-26(28)30-18-16-24(22-34(30)32)36(4,5)6/h7-18,21-22,31-32H,19-20H2,1-6H3. The molecular formula is C36H38. The lowest BCUT2D eigenvalue weighted by Gasteiger charge is -2.24. The Morgan fingerprint density at radius 2 is 0.806 bits per heavy atom. The molecule has 0 aromatic heterocycles. The van der Waals surface area contributed by atoms with E-state index in [0.717, 1.165) is 12.8 Å². The molecule has 0 aliphatic heterocycles. The highest BCUT2D eigenvalue weighted by atomic mass is 14.4. The van der Waals surface area contributed by atoms with Crippen LogP contribution < -0.4 is 0 Å². The van der Waals surface area contributed by atoms with Gasteiger partial charge in [0.1, 0.15) is 0 Å². The summed E-state index contributed by atoms with van der Waals surface area (Å²) in [6.45, 7) is 13.9. The van der Waals surface area contributed by atoms with E-state index in [2.05, 4.69) is 126 Å². The summed E-state index contributed by atoms with van der Waals surface area (Å²) in [5.74, 6) is 0.918. The first-order chi connectivity index (χ1) is 17.1. The first-order valence-electron chi connectivity index (χ1n) is 13.6. The molecule has 182 valence electrons. The fourth-order valence-corrected chi connectivity index (χ4v) is 6.51. The highest BCUT2D eigenvalue weighted by molar-refractivity contribution is 5.80. The Kier molecular flexibility index (Phi) is 5.31. The van der Waals surface area contributed by atoms with E-state index in [1.807, 2.05) is 0 Å². The van der Waals surface area contributed by atoms with Crippen molar-refractivity contribution in [1.29, 1.82) is 0 Å². The molecule has 4 aromatic carbocycles. The van der Waals surface area contributed by atoms with Crippen molar-refractivity contribution < 1.29 is 0 Å². The van der Waals surface area contributed by atoms with Gasteiger partial charge in [-0.25, -0.2) is 0 Å². The van der Waals surface area contributed by atoms with Gasteiger partial charge in [0.05, 0.1) is 0 Å². The molecule has 0 radical (unpaired) electrons. The first kappa shape index (κ1) is 23.3. The summed E-state index contributed by atoms with van der Waals surface area (Å²) in [6, 6.07) is 32.7.